The number of likely N-dealkylation sites (N-methyl/N-ethyl adjacent to an activating group) is 1. The van der Waals surface area contributed by atoms with E-state index in [1.807, 2.05) is 0 Å². The fourth-order valence-electron chi connectivity index (χ4n) is 2.89. The summed E-state index contributed by atoms with van der Waals surface area (Å²) in [6.45, 7) is 10.6. The third kappa shape index (κ3) is 5.09. The highest BCUT2D eigenvalue weighted by atomic mass is 16.5. The van der Waals surface area contributed by atoms with Crippen LogP contribution >= 0.6 is 0 Å². The van der Waals surface area contributed by atoms with E-state index in [0.717, 1.165) is 19.6 Å². The van der Waals surface area contributed by atoms with Gasteiger partial charge in [-0.2, -0.15) is 0 Å². The summed E-state index contributed by atoms with van der Waals surface area (Å²) < 4.78 is 5.61. The van der Waals surface area contributed by atoms with Crippen molar-refractivity contribution in [3.05, 3.63) is 29.8 Å². The molecule has 1 saturated heterocycles. The van der Waals surface area contributed by atoms with Crippen molar-refractivity contribution in [1.82, 2.24) is 0 Å². The monoisotopic (exact) mass is 308 g/mol. The van der Waals surface area contributed by atoms with Gasteiger partial charge < -0.3 is 19.6 Å². The minimum absolute atomic E-state index is 0.0449. The van der Waals surface area contributed by atoms with E-state index in [4.69, 9.17) is 4.74 Å². The number of aliphatic hydroxyl groups excluding tert-OH is 1. The number of nitrogens with one attached hydrogen (secondary N) is 2. The van der Waals surface area contributed by atoms with Gasteiger partial charge in [-0.15, -0.1) is 0 Å². The number of carbonyl (C=O) groups excluding carboxylic acids is 1. The van der Waals surface area contributed by atoms with Crippen LogP contribution in [0.15, 0.2) is 24.3 Å². The Balaban J connectivity index is 1.71. The van der Waals surface area contributed by atoms with Gasteiger partial charge in [-0.25, -0.2) is 0 Å². The minimum atomic E-state index is -0.453. The van der Waals surface area contributed by atoms with Crippen molar-refractivity contribution in [1.29, 1.82) is 0 Å². The van der Waals surface area contributed by atoms with Crippen LogP contribution in [0.25, 0.3) is 0 Å². The molecule has 0 amide bonds. The summed E-state index contributed by atoms with van der Waals surface area (Å²) in [4.78, 5) is 14.3. The van der Waals surface area contributed by atoms with Crippen LogP contribution in [0.2, 0.25) is 0 Å². The average molecular weight is 308 g/mol. The Morgan fingerprint density at radius 2 is 1.77 bits per heavy atom. The molecule has 1 aliphatic rings. The summed E-state index contributed by atoms with van der Waals surface area (Å²) >= 11 is 0. The SMILES string of the molecule is CC[NH+]1CC[NH+](C[C@@H](O)COc2ccc(C(C)=O)cc2)CC1. The van der Waals surface area contributed by atoms with Crippen LogP contribution in [-0.2, 0) is 0 Å². The van der Waals surface area contributed by atoms with Gasteiger partial charge in [0, 0.05) is 5.56 Å². The third-order valence-corrected chi connectivity index (χ3v) is 4.39. The van der Waals surface area contributed by atoms with Crippen LogP contribution in [0.4, 0.5) is 0 Å². The fourth-order valence-corrected chi connectivity index (χ4v) is 2.89. The molecule has 1 aromatic rings. The Kier molecular flexibility index (Phi) is 6.36. The Morgan fingerprint density at radius 1 is 1.18 bits per heavy atom. The van der Waals surface area contributed by atoms with Crippen LogP contribution in [-0.4, -0.2) is 62.9 Å². The summed E-state index contributed by atoms with van der Waals surface area (Å²) in [5, 5.41) is 10.1. The molecule has 3 N–H and O–H groups in total. The van der Waals surface area contributed by atoms with E-state index in [9.17, 15) is 9.90 Å². The van der Waals surface area contributed by atoms with E-state index >= 15 is 0 Å². The first kappa shape index (κ1) is 16.9. The zero-order valence-corrected chi connectivity index (χ0v) is 13.6. The van der Waals surface area contributed by atoms with Crippen LogP contribution < -0.4 is 14.5 Å². The normalized spacial score (nSPS) is 23.0. The molecular formula is C17H28N2O3+2. The maximum atomic E-state index is 11.2. The second-order valence-electron chi connectivity index (χ2n) is 6.10. The van der Waals surface area contributed by atoms with Gasteiger partial charge in [-0.1, -0.05) is 0 Å². The molecule has 1 aromatic carbocycles. The topological polar surface area (TPSA) is 55.4 Å². The number of hydrogen-bond acceptors (Lipinski definition) is 3. The highest BCUT2D eigenvalue weighted by molar-refractivity contribution is 5.94. The molecule has 5 nitrogen and oxygen atoms in total. The van der Waals surface area contributed by atoms with Gasteiger partial charge in [0.25, 0.3) is 0 Å². The van der Waals surface area contributed by atoms with Gasteiger partial charge >= 0.3 is 0 Å². The zero-order chi connectivity index (χ0) is 15.9. The summed E-state index contributed by atoms with van der Waals surface area (Å²) in [6.07, 6.45) is -0.453. The number of carbonyl (C=O) groups is 1. The first-order chi connectivity index (χ1) is 10.6. The number of piperazine rings is 1. The molecule has 1 fully saturated rings. The van der Waals surface area contributed by atoms with Crippen molar-refractivity contribution in [2.45, 2.75) is 20.0 Å². The lowest BCUT2D eigenvalue weighted by atomic mass is 10.1. The summed E-state index contributed by atoms with van der Waals surface area (Å²) in [5.41, 5.74) is 0.675. The van der Waals surface area contributed by atoms with Gasteiger partial charge in [0.15, 0.2) is 5.78 Å². The molecule has 0 bridgehead atoms. The van der Waals surface area contributed by atoms with Crippen LogP contribution in [0.1, 0.15) is 24.2 Å². The molecule has 5 heteroatoms. The molecule has 0 spiro atoms. The molecule has 0 aliphatic carbocycles. The molecule has 0 unspecified atom stereocenters. The van der Waals surface area contributed by atoms with Crippen molar-refractivity contribution in [3.8, 4) is 5.75 Å². The minimum Gasteiger partial charge on any atom is -0.491 e. The molecule has 0 radical (unpaired) electrons. The standard InChI is InChI=1S/C17H26N2O3/c1-3-18-8-10-19(11-9-18)12-16(21)13-22-17-6-4-15(5-7-17)14(2)20/h4-7,16,21H,3,8-13H2,1-2H3/p+2/t16-/m1/s1. The highest BCUT2D eigenvalue weighted by Gasteiger charge is 2.23. The molecule has 0 saturated carbocycles. The number of ether oxygens (including phenoxy) is 1. The molecule has 1 heterocycles. The number of benzene rings is 1. The van der Waals surface area contributed by atoms with Gasteiger partial charge in [-0.3, -0.25) is 4.79 Å². The van der Waals surface area contributed by atoms with E-state index < -0.39 is 6.10 Å². The number of aliphatic hydroxyl groups is 1. The van der Waals surface area contributed by atoms with Crippen molar-refractivity contribution in [3.63, 3.8) is 0 Å². The molecular weight excluding hydrogens is 280 g/mol. The van der Waals surface area contributed by atoms with E-state index in [2.05, 4.69) is 6.92 Å². The lowest BCUT2D eigenvalue weighted by Gasteiger charge is -2.30. The van der Waals surface area contributed by atoms with Crippen molar-refractivity contribution >= 4 is 5.78 Å². The van der Waals surface area contributed by atoms with Crippen molar-refractivity contribution < 1.29 is 24.4 Å². The zero-order valence-electron chi connectivity index (χ0n) is 13.6. The van der Waals surface area contributed by atoms with E-state index in [1.165, 1.54) is 24.5 Å². The smallest absolute Gasteiger partial charge is 0.159 e. The van der Waals surface area contributed by atoms with E-state index in [0.29, 0.717) is 17.9 Å². The predicted molar refractivity (Wildman–Crippen MR) is 84.7 cm³/mol. The Hall–Kier alpha value is -1.43. The lowest BCUT2D eigenvalue weighted by Crippen LogP contribution is -3.28. The second-order valence-corrected chi connectivity index (χ2v) is 6.10. The second kappa shape index (κ2) is 8.27. The van der Waals surface area contributed by atoms with Crippen molar-refractivity contribution in [2.75, 3.05) is 45.9 Å². The molecule has 1 aliphatic heterocycles. The van der Waals surface area contributed by atoms with E-state index in [1.54, 1.807) is 36.1 Å². The maximum Gasteiger partial charge on any atom is 0.159 e. The predicted octanol–water partition coefficient (Wildman–Crippen LogP) is -1.57. The quantitative estimate of drug-likeness (QED) is 0.534. The number of Topliss-reactive ketones (excluding diaryl/α,β-unsaturated/α-hetero) is 1. The van der Waals surface area contributed by atoms with Crippen LogP contribution in [0, 0.1) is 0 Å². The summed E-state index contributed by atoms with van der Waals surface area (Å²) in [7, 11) is 0. The van der Waals surface area contributed by atoms with Gasteiger partial charge in [0.1, 0.15) is 51.2 Å². The van der Waals surface area contributed by atoms with Gasteiger partial charge in [0.2, 0.25) is 0 Å². The fraction of sp³-hybridized carbons (Fsp3) is 0.588. The maximum absolute atomic E-state index is 11.2. The molecule has 0 aromatic heterocycles. The Bertz CT molecular complexity index is 467. The summed E-state index contributed by atoms with van der Waals surface area (Å²) in [6, 6.07) is 7.06. The number of rotatable bonds is 7. The number of hydrogen-bond donors (Lipinski definition) is 3. The van der Waals surface area contributed by atoms with Crippen LogP contribution in [0.5, 0.6) is 5.75 Å². The first-order valence-electron chi connectivity index (χ1n) is 8.17. The molecule has 22 heavy (non-hydrogen) atoms. The van der Waals surface area contributed by atoms with Crippen molar-refractivity contribution in [2.24, 2.45) is 0 Å². The number of ketones is 1. The van der Waals surface area contributed by atoms with Gasteiger partial charge in [-0.05, 0) is 38.1 Å². The highest BCUT2D eigenvalue weighted by Crippen LogP contribution is 2.12. The largest absolute Gasteiger partial charge is 0.491 e. The average Bonchev–Trinajstić information content (AvgIpc) is 2.54. The van der Waals surface area contributed by atoms with Gasteiger partial charge in [0.05, 0.1) is 6.54 Å². The Labute approximate surface area is 132 Å². The third-order valence-electron chi connectivity index (χ3n) is 4.39. The molecule has 1 atom stereocenters. The molecule has 2 rings (SSSR count). The van der Waals surface area contributed by atoms with E-state index in [-0.39, 0.29) is 5.78 Å². The van der Waals surface area contributed by atoms with Crippen LogP contribution in [0.3, 0.4) is 0 Å². The lowest BCUT2D eigenvalue weighted by molar-refractivity contribution is -1.01. The first-order valence-corrected chi connectivity index (χ1v) is 8.17. The molecule has 122 valence electrons. The number of quaternary nitrogens is 2. The summed E-state index contributed by atoms with van der Waals surface area (Å²) in [5.74, 6) is 0.739. The Morgan fingerprint density at radius 3 is 2.32 bits per heavy atom.